The third-order valence-electron chi connectivity index (χ3n) is 3.29. The Kier molecular flexibility index (Phi) is 4.59. The van der Waals surface area contributed by atoms with Crippen molar-refractivity contribution in [3.63, 3.8) is 0 Å². The van der Waals surface area contributed by atoms with Crippen LogP contribution in [0.4, 0.5) is 11.4 Å². The van der Waals surface area contributed by atoms with Crippen LogP contribution in [0.3, 0.4) is 0 Å². The summed E-state index contributed by atoms with van der Waals surface area (Å²) in [7, 11) is 0. The second kappa shape index (κ2) is 6.81. The largest absolute Gasteiger partial charge is 0.378 e. The Morgan fingerprint density at radius 2 is 2.04 bits per heavy atom. The van der Waals surface area contributed by atoms with Gasteiger partial charge in [0.05, 0.1) is 22.5 Å². The molecule has 0 saturated carbocycles. The van der Waals surface area contributed by atoms with Crippen molar-refractivity contribution >= 4 is 34.3 Å². The maximum atomic E-state index is 12.4. The number of thiophene rings is 1. The molecule has 3 aromatic rings. The van der Waals surface area contributed by atoms with Gasteiger partial charge in [0.2, 0.25) is 0 Å². The van der Waals surface area contributed by atoms with Crippen LogP contribution in [0.15, 0.2) is 52.1 Å². The molecular formula is C15H11ClN4O3S. The van der Waals surface area contributed by atoms with Crippen LogP contribution in [-0.4, -0.2) is 14.7 Å². The number of anilines is 1. The highest BCUT2D eigenvalue weighted by Crippen LogP contribution is 2.19. The number of hydrogen-bond acceptors (Lipinski definition) is 6. The van der Waals surface area contributed by atoms with Crippen LogP contribution < -0.4 is 10.9 Å². The molecule has 0 unspecified atom stereocenters. The van der Waals surface area contributed by atoms with Gasteiger partial charge in [-0.2, -0.15) is 21.1 Å². The summed E-state index contributed by atoms with van der Waals surface area (Å²) in [4.78, 5) is 22.5. The molecule has 0 atom stereocenters. The summed E-state index contributed by atoms with van der Waals surface area (Å²) in [5, 5.41) is 21.8. The van der Waals surface area contributed by atoms with Crippen molar-refractivity contribution in [2.24, 2.45) is 0 Å². The first-order chi connectivity index (χ1) is 11.6. The lowest BCUT2D eigenvalue weighted by atomic mass is 10.3. The van der Waals surface area contributed by atoms with E-state index < -0.39 is 10.5 Å². The van der Waals surface area contributed by atoms with Gasteiger partial charge >= 0.3 is 0 Å². The van der Waals surface area contributed by atoms with Crippen molar-refractivity contribution < 1.29 is 4.92 Å². The smallest absolute Gasteiger partial charge is 0.292 e. The van der Waals surface area contributed by atoms with Crippen molar-refractivity contribution in [2.75, 3.05) is 5.32 Å². The van der Waals surface area contributed by atoms with Gasteiger partial charge in [-0.15, -0.1) is 0 Å². The van der Waals surface area contributed by atoms with Crippen LogP contribution in [0.5, 0.6) is 0 Å². The minimum Gasteiger partial charge on any atom is -0.378 e. The minimum atomic E-state index is -0.510. The zero-order valence-electron chi connectivity index (χ0n) is 12.2. The molecular weight excluding hydrogens is 352 g/mol. The number of halogens is 1. The molecule has 9 heteroatoms. The maximum absolute atomic E-state index is 12.4. The van der Waals surface area contributed by atoms with Crippen molar-refractivity contribution in [1.29, 1.82) is 0 Å². The van der Waals surface area contributed by atoms with Gasteiger partial charge in [0.15, 0.2) is 0 Å². The second-order valence-corrected chi connectivity index (χ2v) is 6.01. The summed E-state index contributed by atoms with van der Waals surface area (Å²) in [5.74, 6) is 0. The molecule has 0 aliphatic carbocycles. The first kappa shape index (κ1) is 16.2. The van der Waals surface area contributed by atoms with Crippen LogP contribution in [-0.2, 0) is 6.54 Å². The first-order valence-corrected chi connectivity index (χ1v) is 8.16. The van der Waals surface area contributed by atoms with Gasteiger partial charge in [-0.1, -0.05) is 11.6 Å². The van der Waals surface area contributed by atoms with Crippen LogP contribution in [0.1, 0.15) is 5.56 Å². The number of non-ortho nitro benzene ring substituents is 1. The number of benzene rings is 1. The third kappa shape index (κ3) is 3.29. The average Bonchev–Trinajstić information content (AvgIpc) is 3.10. The van der Waals surface area contributed by atoms with E-state index in [1.165, 1.54) is 30.5 Å². The van der Waals surface area contributed by atoms with Gasteiger partial charge in [0, 0.05) is 18.7 Å². The lowest BCUT2D eigenvalue weighted by Crippen LogP contribution is -2.22. The Morgan fingerprint density at radius 3 is 2.67 bits per heavy atom. The van der Waals surface area contributed by atoms with Crippen LogP contribution in [0.2, 0.25) is 5.02 Å². The zero-order chi connectivity index (χ0) is 17.1. The minimum absolute atomic E-state index is 0.0126. The fourth-order valence-corrected chi connectivity index (χ4v) is 2.91. The molecule has 0 bridgehead atoms. The highest BCUT2D eigenvalue weighted by atomic mass is 35.5. The molecule has 0 aliphatic heterocycles. The molecule has 0 radical (unpaired) electrons. The summed E-state index contributed by atoms with van der Waals surface area (Å²) < 4.78 is 1.10. The van der Waals surface area contributed by atoms with Crippen LogP contribution in [0.25, 0.3) is 5.69 Å². The predicted octanol–water partition coefficient (Wildman–Crippen LogP) is 3.47. The summed E-state index contributed by atoms with van der Waals surface area (Å²) in [6, 6.07) is 7.47. The summed E-state index contributed by atoms with van der Waals surface area (Å²) >= 11 is 7.71. The van der Waals surface area contributed by atoms with Crippen molar-refractivity contribution in [3.8, 4) is 5.69 Å². The number of hydrogen-bond donors (Lipinski definition) is 1. The number of nitro groups is 1. The number of rotatable bonds is 5. The number of nitrogens with one attached hydrogen (secondary N) is 1. The lowest BCUT2D eigenvalue weighted by Gasteiger charge is -2.09. The fourth-order valence-electron chi connectivity index (χ4n) is 2.05. The van der Waals surface area contributed by atoms with E-state index in [0.29, 0.717) is 17.9 Å². The number of aromatic nitrogens is 2. The van der Waals surface area contributed by atoms with Crippen LogP contribution >= 0.6 is 22.9 Å². The van der Waals surface area contributed by atoms with Crippen LogP contribution in [0, 0.1) is 10.1 Å². The van der Waals surface area contributed by atoms with E-state index in [4.69, 9.17) is 11.6 Å². The normalized spacial score (nSPS) is 10.5. The molecule has 7 nitrogen and oxygen atoms in total. The standard InChI is InChI=1S/C15H11ClN4O3S/c16-14-13(17-7-10-5-6-24-9-10)8-18-19(15(14)21)11-1-3-12(4-2-11)20(22)23/h1-6,8-9,17H,7H2. The van der Waals surface area contributed by atoms with E-state index in [1.54, 1.807) is 11.3 Å². The quantitative estimate of drug-likeness (QED) is 0.554. The lowest BCUT2D eigenvalue weighted by molar-refractivity contribution is -0.384. The highest BCUT2D eigenvalue weighted by molar-refractivity contribution is 7.07. The van der Waals surface area contributed by atoms with Crippen molar-refractivity contribution in [3.05, 3.63) is 78.3 Å². The molecule has 3 rings (SSSR count). The van der Waals surface area contributed by atoms with Crippen molar-refractivity contribution in [1.82, 2.24) is 9.78 Å². The third-order valence-corrected chi connectivity index (χ3v) is 4.38. The molecule has 0 fully saturated rings. The van der Waals surface area contributed by atoms with Gasteiger partial charge in [-0.25, -0.2) is 0 Å². The molecule has 1 N–H and O–H groups in total. The molecule has 0 saturated heterocycles. The molecule has 2 heterocycles. The Labute approximate surface area is 145 Å². The van der Waals surface area contributed by atoms with E-state index in [0.717, 1.165) is 10.2 Å². The average molecular weight is 363 g/mol. The molecule has 2 aromatic heterocycles. The molecule has 0 spiro atoms. The summed E-state index contributed by atoms with van der Waals surface area (Å²) in [5.41, 5.74) is 1.35. The molecule has 0 aliphatic rings. The number of nitrogens with zero attached hydrogens (tertiary/aromatic N) is 3. The summed E-state index contributed by atoms with van der Waals surface area (Å²) in [6.07, 6.45) is 1.46. The van der Waals surface area contributed by atoms with E-state index in [2.05, 4.69) is 10.4 Å². The van der Waals surface area contributed by atoms with Gasteiger partial charge in [0.25, 0.3) is 11.2 Å². The van der Waals surface area contributed by atoms with Gasteiger partial charge in [-0.3, -0.25) is 14.9 Å². The van der Waals surface area contributed by atoms with Gasteiger partial charge in [0.1, 0.15) is 5.02 Å². The van der Waals surface area contributed by atoms with Gasteiger partial charge < -0.3 is 5.32 Å². The summed E-state index contributed by atoms with van der Waals surface area (Å²) in [6.45, 7) is 0.534. The first-order valence-electron chi connectivity index (χ1n) is 6.84. The Hall–Kier alpha value is -2.71. The van der Waals surface area contributed by atoms with E-state index in [1.807, 2.05) is 16.8 Å². The monoisotopic (exact) mass is 362 g/mol. The second-order valence-electron chi connectivity index (χ2n) is 4.85. The van der Waals surface area contributed by atoms with E-state index in [-0.39, 0.29) is 10.7 Å². The molecule has 0 amide bonds. The van der Waals surface area contributed by atoms with E-state index in [9.17, 15) is 14.9 Å². The Balaban J connectivity index is 1.86. The predicted molar refractivity (Wildman–Crippen MR) is 93.1 cm³/mol. The fraction of sp³-hybridized carbons (Fsp3) is 0.0667. The molecule has 24 heavy (non-hydrogen) atoms. The molecule has 1 aromatic carbocycles. The number of nitro benzene ring substituents is 1. The molecule has 122 valence electrons. The van der Waals surface area contributed by atoms with Crippen molar-refractivity contribution in [2.45, 2.75) is 6.54 Å². The zero-order valence-corrected chi connectivity index (χ0v) is 13.8. The maximum Gasteiger partial charge on any atom is 0.292 e. The SMILES string of the molecule is O=c1c(Cl)c(NCc2ccsc2)cnn1-c1ccc([N+](=O)[O-])cc1. The Bertz CT molecular complexity index is 923. The highest BCUT2D eigenvalue weighted by Gasteiger charge is 2.12. The van der Waals surface area contributed by atoms with Gasteiger partial charge in [-0.05, 0) is 34.5 Å². The Morgan fingerprint density at radius 1 is 1.29 bits per heavy atom. The topological polar surface area (TPSA) is 90.1 Å². The van der Waals surface area contributed by atoms with E-state index >= 15 is 0 Å².